The molecule has 2 unspecified atom stereocenters. The molecule has 0 aromatic heterocycles. The molecule has 0 radical (unpaired) electrons. The highest BCUT2D eigenvalue weighted by Gasteiger charge is 2.46. The SMILES string of the molecule is NC(=O)CNC(=O)C(CCCN=C(N)N)N(C(=O)C1CCCN1C(=O)OCc1ccccc1)[N+](=O)[O-]. The molecule has 0 bridgehead atoms. The molecule has 0 aliphatic carbocycles. The summed E-state index contributed by atoms with van der Waals surface area (Å²) in [5.74, 6) is -3.10. The number of nitrogens with two attached hydrogens (primary N) is 3. The number of benzene rings is 1. The Morgan fingerprint density at radius 2 is 1.92 bits per heavy atom. The summed E-state index contributed by atoms with van der Waals surface area (Å²) in [7, 11) is 0. The van der Waals surface area contributed by atoms with Gasteiger partial charge in [-0.25, -0.2) is 14.9 Å². The van der Waals surface area contributed by atoms with E-state index in [9.17, 15) is 29.3 Å². The lowest BCUT2D eigenvalue weighted by atomic mass is 10.1. The minimum atomic E-state index is -1.61. The Morgan fingerprint density at radius 3 is 2.53 bits per heavy atom. The third-order valence-corrected chi connectivity index (χ3v) is 5.34. The van der Waals surface area contributed by atoms with Gasteiger partial charge in [0.1, 0.15) is 12.6 Å². The van der Waals surface area contributed by atoms with Crippen LogP contribution in [0.25, 0.3) is 0 Å². The number of guanidine groups is 1. The van der Waals surface area contributed by atoms with Crippen LogP contribution in [-0.2, 0) is 25.7 Å². The van der Waals surface area contributed by atoms with Gasteiger partial charge in [-0.3, -0.25) is 24.3 Å². The Labute approximate surface area is 206 Å². The Hall–Kier alpha value is -4.43. The molecule has 2 atom stereocenters. The van der Waals surface area contributed by atoms with Crippen molar-refractivity contribution in [1.29, 1.82) is 0 Å². The number of ether oxygens (including phenoxy) is 1. The van der Waals surface area contributed by atoms with E-state index >= 15 is 0 Å². The first-order valence-corrected chi connectivity index (χ1v) is 11.2. The molecule has 1 aliphatic heterocycles. The number of carbonyl (C=O) groups is 4. The summed E-state index contributed by atoms with van der Waals surface area (Å²) >= 11 is 0. The smallest absolute Gasteiger partial charge is 0.410 e. The van der Waals surface area contributed by atoms with Crippen LogP contribution in [0.1, 0.15) is 31.2 Å². The van der Waals surface area contributed by atoms with Crippen LogP contribution in [0.3, 0.4) is 0 Å². The van der Waals surface area contributed by atoms with Gasteiger partial charge < -0.3 is 27.3 Å². The Kier molecular flexibility index (Phi) is 10.4. The molecule has 1 heterocycles. The molecule has 4 amide bonds. The van der Waals surface area contributed by atoms with E-state index in [0.29, 0.717) is 6.42 Å². The van der Waals surface area contributed by atoms with Crippen molar-refractivity contribution in [3.63, 3.8) is 0 Å². The zero-order valence-corrected chi connectivity index (χ0v) is 19.6. The minimum absolute atomic E-state index is 0.0427. The molecule has 1 aromatic carbocycles. The predicted molar refractivity (Wildman–Crippen MR) is 126 cm³/mol. The van der Waals surface area contributed by atoms with Crippen molar-refractivity contribution in [1.82, 2.24) is 15.2 Å². The Balaban J connectivity index is 2.19. The number of likely N-dealkylation sites (tertiary alicyclic amines) is 1. The first-order valence-electron chi connectivity index (χ1n) is 11.2. The van der Waals surface area contributed by atoms with E-state index < -0.39 is 47.5 Å². The van der Waals surface area contributed by atoms with Crippen molar-refractivity contribution in [3.8, 4) is 0 Å². The number of nitrogens with zero attached hydrogens (tertiary/aromatic N) is 4. The highest BCUT2D eigenvalue weighted by molar-refractivity contribution is 5.92. The second-order valence-corrected chi connectivity index (χ2v) is 7.96. The van der Waals surface area contributed by atoms with Crippen molar-refractivity contribution in [2.45, 2.75) is 44.4 Å². The predicted octanol–water partition coefficient (Wildman–Crippen LogP) is -1.17. The molecule has 15 nitrogen and oxygen atoms in total. The third kappa shape index (κ3) is 8.11. The summed E-state index contributed by atoms with van der Waals surface area (Å²) in [5.41, 5.74) is 16.3. The zero-order chi connectivity index (χ0) is 26.7. The van der Waals surface area contributed by atoms with Gasteiger partial charge in [-0.05, 0) is 36.3 Å². The molecule has 1 fully saturated rings. The fraction of sp³-hybridized carbons (Fsp3) is 0.476. The van der Waals surface area contributed by atoms with Crippen LogP contribution in [-0.4, -0.2) is 76.4 Å². The van der Waals surface area contributed by atoms with Crippen LogP contribution >= 0.6 is 0 Å². The van der Waals surface area contributed by atoms with Crippen LogP contribution in [0, 0.1) is 10.1 Å². The molecule has 1 aliphatic rings. The van der Waals surface area contributed by atoms with E-state index in [-0.39, 0.29) is 49.9 Å². The maximum Gasteiger partial charge on any atom is 0.410 e. The number of hydrogen-bond acceptors (Lipinski definition) is 8. The van der Waals surface area contributed by atoms with Gasteiger partial charge in [0, 0.05) is 13.1 Å². The Bertz CT molecular complexity index is 984. The lowest BCUT2D eigenvalue weighted by Crippen LogP contribution is -2.58. The van der Waals surface area contributed by atoms with Gasteiger partial charge in [0.2, 0.25) is 11.8 Å². The number of amides is 4. The number of rotatable bonds is 12. The number of aliphatic imine (C=N–C) groups is 1. The first kappa shape index (κ1) is 27.8. The summed E-state index contributed by atoms with van der Waals surface area (Å²) in [6.45, 7) is -0.426. The second-order valence-electron chi connectivity index (χ2n) is 7.96. The highest BCUT2D eigenvalue weighted by atomic mass is 16.7. The van der Waals surface area contributed by atoms with E-state index in [1.165, 1.54) is 0 Å². The van der Waals surface area contributed by atoms with Gasteiger partial charge in [0.05, 0.1) is 6.54 Å². The normalized spacial score (nSPS) is 15.4. The second kappa shape index (κ2) is 13.5. The van der Waals surface area contributed by atoms with Crippen LogP contribution in [0.2, 0.25) is 0 Å². The standard InChI is InChI=1S/C21H30N8O7/c22-17(30)12-26-18(31)15(8-4-10-25-20(23)24)28(29(34)35)19(32)16-9-5-11-27(16)21(33)36-13-14-6-2-1-3-7-14/h1-3,6-7,15-16H,4-5,8-13H2,(H2,22,30)(H,26,31)(H4,23,24,25). The number of carbonyl (C=O) groups excluding carboxylic acids is 4. The van der Waals surface area contributed by atoms with Crippen LogP contribution in [0.4, 0.5) is 4.79 Å². The van der Waals surface area contributed by atoms with E-state index in [1.54, 1.807) is 30.3 Å². The van der Waals surface area contributed by atoms with E-state index in [1.807, 2.05) is 0 Å². The first-order chi connectivity index (χ1) is 17.1. The molecule has 0 spiro atoms. The van der Waals surface area contributed by atoms with Gasteiger partial charge in [0.15, 0.2) is 17.0 Å². The van der Waals surface area contributed by atoms with E-state index in [0.717, 1.165) is 10.5 Å². The molecule has 196 valence electrons. The van der Waals surface area contributed by atoms with E-state index in [2.05, 4.69) is 10.3 Å². The maximum absolute atomic E-state index is 13.3. The quantitative estimate of drug-likeness (QED) is 0.0878. The molecule has 15 heteroatoms. The summed E-state index contributed by atoms with van der Waals surface area (Å²) in [5, 5.41) is 13.3. The van der Waals surface area contributed by atoms with Crippen molar-refractivity contribution in [2.24, 2.45) is 22.2 Å². The fourth-order valence-electron chi connectivity index (χ4n) is 3.69. The maximum atomic E-state index is 13.3. The molecule has 0 saturated carbocycles. The molecule has 1 saturated heterocycles. The summed E-state index contributed by atoms with van der Waals surface area (Å²) in [6, 6.07) is 6.05. The van der Waals surface area contributed by atoms with Gasteiger partial charge >= 0.3 is 12.0 Å². The number of nitrogens with one attached hydrogen (secondary N) is 1. The molecule has 7 N–H and O–H groups in total. The number of nitro groups is 1. The molecular formula is C21H30N8O7. The Morgan fingerprint density at radius 1 is 1.22 bits per heavy atom. The monoisotopic (exact) mass is 506 g/mol. The number of primary amides is 1. The van der Waals surface area contributed by atoms with Gasteiger partial charge in [0.25, 0.3) is 0 Å². The molecule has 36 heavy (non-hydrogen) atoms. The van der Waals surface area contributed by atoms with Crippen LogP contribution in [0.15, 0.2) is 35.3 Å². The minimum Gasteiger partial charge on any atom is -0.445 e. The zero-order valence-electron chi connectivity index (χ0n) is 19.6. The van der Waals surface area contributed by atoms with Crippen molar-refractivity contribution in [2.75, 3.05) is 19.6 Å². The summed E-state index contributed by atoms with van der Waals surface area (Å²) < 4.78 is 5.28. The van der Waals surface area contributed by atoms with Gasteiger partial charge in [-0.15, -0.1) is 0 Å². The topological polar surface area (TPSA) is 230 Å². The lowest BCUT2D eigenvalue weighted by molar-refractivity contribution is -0.640. The fourth-order valence-corrected chi connectivity index (χ4v) is 3.69. The van der Waals surface area contributed by atoms with Crippen molar-refractivity contribution >= 4 is 29.8 Å². The molecule has 1 aromatic rings. The summed E-state index contributed by atoms with van der Waals surface area (Å²) in [6.07, 6.45) is -0.337. The van der Waals surface area contributed by atoms with E-state index in [4.69, 9.17) is 21.9 Å². The lowest BCUT2D eigenvalue weighted by Gasteiger charge is -2.28. The largest absolute Gasteiger partial charge is 0.445 e. The number of hydrogen-bond donors (Lipinski definition) is 4. The van der Waals surface area contributed by atoms with Crippen molar-refractivity contribution < 1.29 is 28.9 Å². The van der Waals surface area contributed by atoms with Gasteiger partial charge in [-0.2, -0.15) is 0 Å². The van der Waals surface area contributed by atoms with Crippen molar-refractivity contribution in [3.05, 3.63) is 46.0 Å². The third-order valence-electron chi connectivity index (χ3n) is 5.34. The summed E-state index contributed by atoms with van der Waals surface area (Å²) in [4.78, 5) is 66.6. The highest BCUT2D eigenvalue weighted by Crippen LogP contribution is 2.23. The van der Waals surface area contributed by atoms with Crippen LogP contribution in [0.5, 0.6) is 0 Å². The molecular weight excluding hydrogens is 476 g/mol. The molecule has 2 rings (SSSR count). The van der Waals surface area contributed by atoms with Gasteiger partial charge in [-0.1, -0.05) is 30.3 Å². The average Bonchev–Trinajstić information content (AvgIpc) is 3.33. The van der Waals surface area contributed by atoms with Crippen LogP contribution < -0.4 is 22.5 Å². The average molecular weight is 507 g/mol. The number of hydrazine groups is 1.